The number of likely N-dealkylation sites (tertiary alicyclic amines) is 1. The molecule has 8 heteroatoms. The second-order valence-electron chi connectivity index (χ2n) is 9.45. The van der Waals surface area contributed by atoms with Crippen LogP contribution in [0.2, 0.25) is 0 Å². The summed E-state index contributed by atoms with van der Waals surface area (Å²) < 4.78 is 5.58. The van der Waals surface area contributed by atoms with Gasteiger partial charge in [0.15, 0.2) is 0 Å². The largest absolute Gasteiger partial charge is 0.481 e. The number of carbonyl (C=O) groups excluding carboxylic acids is 2. The van der Waals surface area contributed by atoms with Gasteiger partial charge < -0.3 is 25.0 Å². The molecule has 2 aliphatic rings. The zero-order valence-corrected chi connectivity index (χ0v) is 20.3. The molecule has 35 heavy (non-hydrogen) atoms. The van der Waals surface area contributed by atoms with Crippen molar-refractivity contribution in [1.82, 2.24) is 15.1 Å². The number of amides is 2. The molecule has 0 aromatic heterocycles. The number of carboxylic acids is 1. The average Bonchev–Trinajstić information content (AvgIpc) is 3.40. The smallest absolute Gasteiger partial charge is 0.407 e. The van der Waals surface area contributed by atoms with Crippen LogP contribution in [0.3, 0.4) is 0 Å². The van der Waals surface area contributed by atoms with Crippen molar-refractivity contribution in [2.24, 2.45) is 0 Å². The van der Waals surface area contributed by atoms with Gasteiger partial charge in [0, 0.05) is 32.0 Å². The van der Waals surface area contributed by atoms with E-state index >= 15 is 0 Å². The highest BCUT2D eigenvalue weighted by atomic mass is 16.5. The van der Waals surface area contributed by atoms with Crippen LogP contribution >= 0.6 is 0 Å². The Bertz CT molecular complexity index is 1040. The third-order valence-electron chi connectivity index (χ3n) is 7.11. The average molecular weight is 480 g/mol. The van der Waals surface area contributed by atoms with Crippen LogP contribution in [0.4, 0.5) is 4.79 Å². The first-order chi connectivity index (χ1) is 16.8. The van der Waals surface area contributed by atoms with E-state index in [4.69, 9.17) is 9.84 Å². The number of likely N-dealkylation sites (N-methyl/N-ethyl adjacent to an activating group) is 2. The van der Waals surface area contributed by atoms with E-state index < -0.39 is 18.1 Å². The van der Waals surface area contributed by atoms with Gasteiger partial charge in [-0.2, -0.15) is 0 Å². The molecule has 2 amide bonds. The Morgan fingerprint density at radius 2 is 1.74 bits per heavy atom. The number of ether oxygens (including phenoxy) is 1. The van der Waals surface area contributed by atoms with Crippen molar-refractivity contribution in [3.63, 3.8) is 0 Å². The first-order valence-corrected chi connectivity index (χ1v) is 12.1. The van der Waals surface area contributed by atoms with Crippen LogP contribution in [0.1, 0.15) is 42.7 Å². The summed E-state index contributed by atoms with van der Waals surface area (Å²) in [4.78, 5) is 40.8. The molecule has 0 spiro atoms. The third-order valence-corrected chi connectivity index (χ3v) is 7.11. The second-order valence-corrected chi connectivity index (χ2v) is 9.45. The van der Waals surface area contributed by atoms with Gasteiger partial charge in [-0.05, 0) is 55.1 Å². The minimum absolute atomic E-state index is 0.00318. The number of alkyl carbamates (subject to hydrolysis) is 1. The predicted octanol–water partition coefficient (Wildman–Crippen LogP) is 3.31. The molecule has 2 aromatic carbocycles. The highest BCUT2D eigenvalue weighted by Gasteiger charge is 2.31. The molecule has 4 rings (SSSR count). The minimum Gasteiger partial charge on any atom is -0.481 e. The summed E-state index contributed by atoms with van der Waals surface area (Å²) in [6, 6.07) is 15.4. The fraction of sp³-hybridized carbons (Fsp3) is 0.444. The van der Waals surface area contributed by atoms with Gasteiger partial charge >= 0.3 is 12.1 Å². The Morgan fingerprint density at radius 1 is 1.11 bits per heavy atom. The van der Waals surface area contributed by atoms with E-state index in [0.717, 1.165) is 41.6 Å². The van der Waals surface area contributed by atoms with Crippen molar-refractivity contribution in [3.05, 3.63) is 59.7 Å². The maximum Gasteiger partial charge on any atom is 0.407 e. The fourth-order valence-corrected chi connectivity index (χ4v) is 5.19. The molecule has 0 bridgehead atoms. The van der Waals surface area contributed by atoms with Crippen LogP contribution in [0.15, 0.2) is 48.5 Å². The number of aliphatic carboxylic acids is 1. The summed E-state index contributed by atoms with van der Waals surface area (Å²) in [5.74, 6) is -1.42. The van der Waals surface area contributed by atoms with E-state index in [1.807, 2.05) is 43.4 Å². The molecular formula is C27H33N3O5. The summed E-state index contributed by atoms with van der Waals surface area (Å²) in [5, 5.41) is 11.8. The third kappa shape index (κ3) is 5.65. The Kier molecular flexibility index (Phi) is 7.70. The van der Waals surface area contributed by atoms with Gasteiger partial charge in [-0.1, -0.05) is 48.5 Å². The number of hydrogen-bond donors (Lipinski definition) is 2. The lowest BCUT2D eigenvalue weighted by Gasteiger charge is -2.29. The van der Waals surface area contributed by atoms with Crippen molar-refractivity contribution < 1.29 is 24.2 Å². The molecule has 1 aliphatic carbocycles. The van der Waals surface area contributed by atoms with Crippen LogP contribution in [-0.4, -0.2) is 78.8 Å². The number of rotatable bonds is 9. The van der Waals surface area contributed by atoms with E-state index in [2.05, 4.69) is 22.3 Å². The van der Waals surface area contributed by atoms with Crippen LogP contribution in [0.5, 0.6) is 0 Å². The quantitative estimate of drug-likeness (QED) is 0.573. The second kappa shape index (κ2) is 10.9. The van der Waals surface area contributed by atoms with E-state index in [0.29, 0.717) is 6.54 Å². The van der Waals surface area contributed by atoms with Crippen LogP contribution in [0.25, 0.3) is 11.1 Å². The Hall–Kier alpha value is -3.39. The van der Waals surface area contributed by atoms with Gasteiger partial charge in [0.1, 0.15) is 12.6 Å². The highest BCUT2D eigenvalue weighted by Crippen LogP contribution is 2.44. The zero-order chi connectivity index (χ0) is 24.9. The molecule has 0 saturated carbocycles. The number of hydrogen-bond acceptors (Lipinski definition) is 5. The zero-order valence-electron chi connectivity index (χ0n) is 20.3. The summed E-state index contributed by atoms with van der Waals surface area (Å²) >= 11 is 0. The van der Waals surface area contributed by atoms with Crippen molar-refractivity contribution >= 4 is 18.0 Å². The van der Waals surface area contributed by atoms with Crippen LogP contribution in [-0.2, 0) is 14.3 Å². The van der Waals surface area contributed by atoms with Crippen molar-refractivity contribution in [2.75, 3.05) is 33.8 Å². The van der Waals surface area contributed by atoms with E-state index in [1.165, 1.54) is 0 Å². The van der Waals surface area contributed by atoms with Crippen molar-refractivity contribution in [2.45, 2.75) is 43.7 Å². The van der Waals surface area contributed by atoms with Gasteiger partial charge in [-0.3, -0.25) is 9.59 Å². The van der Waals surface area contributed by atoms with E-state index in [9.17, 15) is 14.4 Å². The molecule has 2 unspecified atom stereocenters. The van der Waals surface area contributed by atoms with E-state index in [1.54, 1.807) is 11.9 Å². The lowest BCUT2D eigenvalue weighted by atomic mass is 9.98. The van der Waals surface area contributed by atoms with Crippen molar-refractivity contribution in [3.8, 4) is 11.1 Å². The van der Waals surface area contributed by atoms with Gasteiger partial charge in [0.2, 0.25) is 5.91 Å². The number of benzene rings is 2. The minimum atomic E-state index is -1.02. The number of carbonyl (C=O) groups is 3. The number of fused-ring (bicyclic) bond motifs is 3. The summed E-state index contributed by atoms with van der Waals surface area (Å²) in [6.45, 7) is 1.65. The summed E-state index contributed by atoms with van der Waals surface area (Å²) in [5.41, 5.74) is 4.45. The fourth-order valence-electron chi connectivity index (χ4n) is 5.19. The molecular weight excluding hydrogens is 446 g/mol. The summed E-state index contributed by atoms with van der Waals surface area (Å²) in [7, 11) is 3.73. The normalized spacial score (nSPS) is 17.9. The predicted molar refractivity (Wildman–Crippen MR) is 132 cm³/mol. The van der Waals surface area contributed by atoms with E-state index in [-0.39, 0.29) is 37.3 Å². The number of carboxylic acid groups (broad SMARTS) is 1. The first-order valence-electron chi connectivity index (χ1n) is 12.1. The standard InChI is InChI=1S/C27H33N3O5/c1-29-15-7-8-18(29)16-30(2)26(33)24(13-14-25(31)32)28-27(34)35-17-23-21-11-5-3-9-19(21)20-10-4-6-12-22(20)23/h3-6,9-12,18,23-24H,7-8,13-17H2,1-2H3,(H,28,34)(H,31,32). The molecule has 2 N–H and O–H groups in total. The first kappa shape index (κ1) is 24.7. The molecule has 1 fully saturated rings. The molecule has 2 aromatic rings. The maximum atomic E-state index is 13.1. The van der Waals surface area contributed by atoms with Crippen LogP contribution in [0, 0.1) is 0 Å². The molecule has 186 valence electrons. The van der Waals surface area contributed by atoms with Crippen molar-refractivity contribution in [1.29, 1.82) is 0 Å². The topological polar surface area (TPSA) is 99.2 Å². The molecule has 1 heterocycles. The molecule has 2 atom stereocenters. The molecule has 1 saturated heterocycles. The SMILES string of the molecule is CN(CC1CCCN1C)C(=O)C(CCC(=O)O)NC(=O)OCC1c2ccccc2-c2ccccc21. The molecule has 0 radical (unpaired) electrons. The highest BCUT2D eigenvalue weighted by molar-refractivity contribution is 5.86. The Labute approximate surface area is 205 Å². The molecule has 1 aliphatic heterocycles. The summed E-state index contributed by atoms with van der Waals surface area (Å²) in [6.07, 6.45) is 1.15. The Balaban J connectivity index is 1.40. The van der Waals surface area contributed by atoms with Gasteiger partial charge in [0.05, 0.1) is 0 Å². The maximum absolute atomic E-state index is 13.1. The number of nitrogens with zero attached hydrogens (tertiary/aromatic N) is 2. The lowest BCUT2D eigenvalue weighted by molar-refractivity contribution is -0.138. The van der Waals surface area contributed by atoms with Gasteiger partial charge in [0.25, 0.3) is 0 Å². The monoisotopic (exact) mass is 479 g/mol. The Morgan fingerprint density at radius 3 is 2.31 bits per heavy atom. The molecule has 8 nitrogen and oxygen atoms in total. The lowest BCUT2D eigenvalue weighted by Crippen LogP contribution is -2.50. The van der Waals surface area contributed by atoms with Crippen LogP contribution < -0.4 is 5.32 Å². The van der Waals surface area contributed by atoms with Gasteiger partial charge in [-0.15, -0.1) is 0 Å². The number of nitrogens with one attached hydrogen (secondary N) is 1. The van der Waals surface area contributed by atoms with Gasteiger partial charge in [-0.25, -0.2) is 4.79 Å².